The van der Waals surface area contributed by atoms with Gasteiger partial charge in [-0.3, -0.25) is 0 Å². The van der Waals surface area contributed by atoms with Crippen LogP contribution in [-0.4, -0.2) is 70.0 Å². The third kappa shape index (κ3) is 4.87. The minimum absolute atomic E-state index is 0.185. The SMILES string of the molecule is CCO[C@H]1CN(C(=O)O)C[C@H]1Nc1nc(CC)c(-c2ccc(OC)nc2C)nc1CC. The summed E-state index contributed by atoms with van der Waals surface area (Å²) >= 11 is 0. The molecule has 2 N–H and O–H groups in total. The predicted molar refractivity (Wildman–Crippen MR) is 118 cm³/mol. The van der Waals surface area contributed by atoms with Crippen LogP contribution in [0.4, 0.5) is 10.6 Å². The maximum absolute atomic E-state index is 11.5. The van der Waals surface area contributed by atoms with Crippen LogP contribution < -0.4 is 10.1 Å². The summed E-state index contributed by atoms with van der Waals surface area (Å²) in [4.78, 5) is 27.1. The van der Waals surface area contributed by atoms with Crippen LogP contribution >= 0.6 is 0 Å². The van der Waals surface area contributed by atoms with Gasteiger partial charge >= 0.3 is 6.09 Å². The van der Waals surface area contributed by atoms with Gasteiger partial charge in [-0.2, -0.15) is 0 Å². The molecule has 3 heterocycles. The van der Waals surface area contributed by atoms with Gasteiger partial charge in [-0.25, -0.2) is 19.7 Å². The molecule has 2 aromatic heterocycles. The maximum Gasteiger partial charge on any atom is 0.407 e. The number of nitrogens with one attached hydrogen (secondary N) is 1. The largest absolute Gasteiger partial charge is 0.481 e. The number of ether oxygens (including phenoxy) is 2. The zero-order valence-corrected chi connectivity index (χ0v) is 18.8. The Bertz CT molecular complexity index is 936. The van der Waals surface area contributed by atoms with Gasteiger partial charge in [-0.1, -0.05) is 13.8 Å². The Labute approximate surface area is 182 Å². The van der Waals surface area contributed by atoms with Gasteiger partial charge in [0.05, 0.1) is 48.6 Å². The van der Waals surface area contributed by atoms with E-state index in [1.165, 1.54) is 4.90 Å². The maximum atomic E-state index is 11.5. The summed E-state index contributed by atoms with van der Waals surface area (Å²) in [6, 6.07) is 3.60. The second-order valence-electron chi connectivity index (χ2n) is 7.44. The first-order chi connectivity index (χ1) is 14.9. The van der Waals surface area contributed by atoms with Crippen LogP contribution in [0, 0.1) is 6.92 Å². The van der Waals surface area contributed by atoms with Crippen molar-refractivity contribution in [1.82, 2.24) is 19.9 Å². The lowest BCUT2D eigenvalue weighted by Gasteiger charge is -2.22. The highest BCUT2D eigenvalue weighted by atomic mass is 16.5. The number of amides is 1. The molecule has 1 aliphatic rings. The normalized spacial score (nSPS) is 18.3. The quantitative estimate of drug-likeness (QED) is 0.659. The Morgan fingerprint density at radius 3 is 2.48 bits per heavy atom. The molecule has 9 nitrogen and oxygen atoms in total. The number of nitrogens with zero attached hydrogens (tertiary/aromatic N) is 4. The summed E-state index contributed by atoms with van der Waals surface area (Å²) in [5.74, 6) is 1.25. The van der Waals surface area contributed by atoms with E-state index in [1.54, 1.807) is 7.11 Å². The van der Waals surface area contributed by atoms with Crippen molar-refractivity contribution in [3.63, 3.8) is 0 Å². The Balaban J connectivity index is 1.96. The zero-order chi connectivity index (χ0) is 22.5. The van der Waals surface area contributed by atoms with Gasteiger partial charge < -0.3 is 24.8 Å². The molecule has 9 heteroatoms. The van der Waals surface area contributed by atoms with Crippen LogP contribution in [0.3, 0.4) is 0 Å². The van der Waals surface area contributed by atoms with E-state index >= 15 is 0 Å². The summed E-state index contributed by atoms with van der Waals surface area (Å²) in [7, 11) is 1.60. The first-order valence-electron chi connectivity index (χ1n) is 10.7. The number of aryl methyl sites for hydroxylation is 3. The molecule has 2 atom stereocenters. The van der Waals surface area contributed by atoms with Crippen molar-refractivity contribution in [1.29, 1.82) is 0 Å². The number of hydrogen-bond acceptors (Lipinski definition) is 7. The first kappa shape index (κ1) is 22.7. The molecule has 2 aromatic rings. The molecule has 1 saturated heterocycles. The van der Waals surface area contributed by atoms with E-state index in [4.69, 9.17) is 19.4 Å². The lowest BCUT2D eigenvalue weighted by atomic mass is 10.1. The molecule has 1 amide bonds. The van der Waals surface area contributed by atoms with Crippen molar-refractivity contribution in [2.24, 2.45) is 0 Å². The summed E-state index contributed by atoms with van der Waals surface area (Å²) in [6.45, 7) is 9.11. The molecule has 168 valence electrons. The lowest BCUT2D eigenvalue weighted by Crippen LogP contribution is -2.35. The van der Waals surface area contributed by atoms with Crippen molar-refractivity contribution < 1.29 is 19.4 Å². The molecule has 0 bridgehead atoms. The minimum Gasteiger partial charge on any atom is -0.481 e. The molecule has 0 aliphatic carbocycles. The smallest absolute Gasteiger partial charge is 0.407 e. The number of carboxylic acid groups (broad SMARTS) is 1. The third-order valence-corrected chi connectivity index (χ3v) is 5.47. The van der Waals surface area contributed by atoms with Gasteiger partial charge in [0.25, 0.3) is 0 Å². The Morgan fingerprint density at radius 1 is 1.16 bits per heavy atom. The Morgan fingerprint density at radius 2 is 1.90 bits per heavy atom. The first-order valence-corrected chi connectivity index (χ1v) is 10.7. The second kappa shape index (κ2) is 9.91. The van der Waals surface area contributed by atoms with Crippen molar-refractivity contribution in [3.05, 3.63) is 29.2 Å². The Kier molecular flexibility index (Phi) is 7.27. The standard InChI is InChI=1S/C22H31N5O4/c1-6-15-20(14-9-10-19(30-5)23-13(14)4)24-16(7-2)21(25-15)26-17-11-27(22(28)29)12-18(17)31-8-3/h9-10,17-18H,6-8,11-12H2,1-5H3,(H,25,26)(H,28,29)/t17-,18+/m1/s1. The fourth-order valence-corrected chi connectivity index (χ4v) is 3.86. The molecule has 0 spiro atoms. The van der Waals surface area contributed by atoms with E-state index in [0.717, 1.165) is 28.3 Å². The summed E-state index contributed by atoms with van der Waals surface area (Å²) < 4.78 is 11.0. The van der Waals surface area contributed by atoms with Crippen LogP contribution in [0.1, 0.15) is 37.9 Å². The summed E-state index contributed by atoms with van der Waals surface area (Å²) in [6.07, 6.45) is 0.213. The van der Waals surface area contributed by atoms with Crippen LogP contribution in [0.2, 0.25) is 0 Å². The average Bonchev–Trinajstić information content (AvgIpc) is 3.16. The molecule has 3 rings (SSSR count). The number of methoxy groups -OCH3 is 1. The van der Waals surface area contributed by atoms with Gasteiger partial charge in [0.1, 0.15) is 5.82 Å². The average molecular weight is 430 g/mol. The third-order valence-electron chi connectivity index (χ3n) is 5.47. The molecule has 0 saturated carbocycles. The van der Waals surface area contributed by atoms with Crippen LogP contribution in [-0.2, 0) is 17.6 Å². The minimum atomic E-state index is -0.942. The summed E-state index contributed by atoms with van der Waals surface area (Å²) in [5.41, 5.74) is 4.26. The number of rotatable bonds is 8. The molecule has 1 aliphatic heterocycles. The topological polar surface area (TPSA) is 110 Å². The van der Waals surface area contributed by atoms with E-state index in [2.05, 4.69) is 10.3 Å². The van der Waals surface area contributed by atoms with Crippen molar-refractivity contribution in [2.45, 2.75) is 52.7 Å². The summed E-state index contributed by atoms with van der Waals surface area (Å²) in [5, 5.41) is 12.8. The number of likely N-dealkylation sites (tertiary alicyclic amines) is 1. The van der Waals surface area contributed by atoms with Crippen LogP contribution in [0.15, 0.2) is 12.1 Å². The van der Waals surface area contributed by atoms with Gasteiger partial charge in [0.2, 0.25) is 5.88 Å². The molecular formula is C22H31N5O4. The van der Waals surface area contributed by atoms with Crippen molar-refractivity contribution in [3.8, 4) is 17.1 Å². The van der Waals surface area contributed by atoms with Crippen LogP contribution in [0.5, 0.6) is 5.88 Å². The Hall–Kier alpha value is -2.94. The predicted octanol–water partition coefficient (Wildman–Crippen LogP) is 3.16. The highest BCUT2D eigenvalue weighted by Gasteiger charge is 2.36. The van der Waals surface area contributed by atoms with Crippen molar-refractivity contribution in [2.75, 3.05) is 32.1 Å². The molecule has 1 fully saturated rings. The number of hydrogen-bond donors (Lipinski definition) is 2. The zero-order valence-electron chi connectivity index (χ0n) is 18.8. The fourth-order valence-electron chi connectivity index (χ4n) is 3.86. The monoisotopic (exact) mass is 429 g/mol. The highest BCUT2D eigenvalue weighted by Crippen LogP contribution is 2.29. The second-order valence-corrected chi connectivity index (χ2v) is 7.44. The van der Waals surface area contributed by atoms with Gasteiger partial charge in [-0.05, 0) is 32.8 Å². The van der Waals surface area contributed by atoms with E-state index in [-0.39, 0.29) is 12.1 Å². The number of aromatic nitrogens is 3. The number of anilines is 1. The fraction of sp³-hybridized carbons (Fsp3) is 0.545. The van der Waals surface area contributed by atoms with Gasteiger partial charge in [-0.15, -0.1) is 0 Å². The molecule has 0 unspecified atom stereocenters. The van der Waals surface area contributed by atoms with Gasteiger partial charge in [0.15, 0.2) is 0 Å². The van der Waals surface area contributed by atoms with E-state index in [1.807, 2.05) is 39.8 Å². The van der Waals surface area contributed by atoms with E-state index < -0.39 is 6.09 Å². The van der Waals surface area contributed by atoms with E-state index in [9.17, 15) is 9.90 Å². The molecule has 0 radical (unpaired) electrons. The molecule has 0 aromatic carbocycles. The highest BCUT2D eigenvalue weighted by molar-refractivity contribution is 5.67. The van der Waals surface area contributed by atoms with Gasteiger partial charge in [0, 0.05) is 24.8 Å². The van der Waals surface area contributed by atoms with E-state index in [0.29, 0.717) is 44.2 Å². The molecular weight excluding hydrogens is 398 g/mol. The number of carbonyl (C=O) groups is 1. The molecule has 31 heavy (non-hydrogen) atoms. The van der Waals surface area contributed by atoms with Crippen molar-refractivity contribution >= 4 is 11.9 Å². The van der Waals surface area contributed by atoms with Crippen LogP contribution in [0.25, 0.3) is 11.3 Å². The number of pyridine rings is 1. The lowest BCUT2D eigenvalue weighted by molar-refractivity contribution is 0.0629.